The van der Waals surface area contributed by atoms with Gasteiger partial charge in [0.1, 0.15) is 13.2 Å². The van der Waals surface area contributed by atoms with Gasteiger partial charge in [0.25, 0.3) is 5.69 Å². The van der Waals surface area contributed by atoms with E-state index in [2.05, 4.69) is 37.1 Å². The first-order valence-electron chi connectivity index (χ1n) is 15.1. The Hall–Kier alpha value is -5.35. The summed E-state index contributed by atoms with van der Waals surface area (Å²) in [5, 5.41) is 30.9. The maximum absolute atomic E-state index is 12.5. The molecule has 0 bridgehead atoms. The van der Waals surface area contributed by atoms with Gasteiger partial charge in [0.05, 0.1) is 47.5 Å². The van der Waals surface area contributed by atoms with Gasteiger partial charge in [0.2, 0.25) is 0 Å². The van der Waals surface area contributed by atoms with Gasteiger partial charge >= 0.3 is 12.0 Å². The summed E-state index contributed by atoms with van der Waals surface area (Å²) >= 11 is 3.51. The molecule has 0 aromatic heterocycles. The van der Waals surface area contributed by atoms with Crippen molar-refractivity contribution in [2.75, 3.05) is 26.9 Å². The molecule has 260 valence electrons. The maximum Gasteiger partial charge on any atom is 0.337 e. The van der Waals surface area contributed by atoms with Gasteiger partial charge in [-0.1, -0.05) is 6.07 Å². The normalized spacial score (nSPS) is 14.8. The molecule has 4 N–H and O–H groups in total. The number of aliphatic hydroxyl groups is 1. The number of carbonyl (C=O) groups excluding carboxylic acids is 2. The average molecular weight is 743 g/mol. The van der Waals surface area contributed by atoms with Crippen LogP contribution < -0.4 is 35.0 Å². The number of rotatable bonds is 16. The summed E-state index contributed by atoms with van der Waals surface area (Å²) in [5.41, 5.74) is 5.16. The lowest BCUT2D eigenvalue weighted by molar-refractivity contribution is -0.384. The number of hydrogen-bond acceptors (Lipinski definition) is 12. The predicted octanol–water partition coefficient (Wildman–Crippen LogP) is 4.86. The number of non-ortho nitro benzene ring substituents is 1. The molecule has 3 aromatic carbocycles. The van der Waals surface area contributed by atoms with Gasteiger partial charge in [0.15, 0.2) is 29.2 Å². The van der Waals surface area contributed by atoms with Crippen LogP contribution in [0.4, 0.5) is 10.5 Å². The fourth-order valence-electron chi connectivity index (χ4n) is 4.75. The summed E-state index contributed by atoms with van der Waals surface area (Å²) in [5.74, 6) is 0.975. The van der Waals surface area contributed by atoms with Crippen LogP contribution in [0, 0.1) is 10.1 Å². The van der Waals surface area contributed by atoms with E-state index in [1.165, 1.54) is 25.5 Å². The van der Waals surface area contributed by atoms with E-state index in [-0.39, 0.29) is 24.5 Å². The number of nitro benzene ring substituents is 1. The van der Waals surface area contributed by atoms with Gasteiger partial charge < -0.3 is 39.4 Å². The molecular weight excluding hydrogens is 706 g/mol. The molecule has 16 heteroatoms. The molecule has 0 aliphatic carbocycles. The summed E-state index contributed by atoms with van der Waals surface area (Å²) in [4.78, 5) is 35.1. The number of urea groups is 1. The molecule has 0 spiro atoms. The largest absolute Gasteiger partial charge is 0.490 e. The molecule has 2 amide bonds. The molecule has 3 aromatic rings. The summed E-state index contributed by atoms with van der Waals surface area (Å²) < 4.78 is 28.8. The molecule has 1 heterocycles. The summed E-state index contributed by atoms with van der Waals surface area (Å²) in [6.45, 7) is 5.88. The molecule has 0 unspecified atom stereocenters. The number of methoxy groups -OCH3 is 1. The fraction of sp³-hybridized carbons (Fsp3) is 0.303. The van der Waals surface area contributed by atoms with Crippen molar-refractivity contribution in [3.8, 4) is 23.0 Å². The van der Waals surface area contributed by atoms with Crippen molar-refractivity contribution in [3.63, 3.8) is 0 Å². The number of ether oxygens (including phenoxy) is 5. The zero-order valence-electron chi connectivity index (χ0n) is 27.2. The van der Waals surface area contributed by atoms with Crippen molar-refractivity contribution in [2.45, 2.75) is 39.6 Å². The van der Waals surface area contributed by atoms with Crippen LogP contribution in [-0.4, -0.2) is 61.4 Å². The molecule has 1 aliphatic rings. The van der Waals surface area contributed by atoms with Crippen molar-refractivity contribution in [2.24, 2.45) is 5.10 Å². The number of aliphatic hydroxyl groups excluding tert-OH is 1. The third-order valence-corrected chi connectivity index (χ3v) is 7.56. The number of amides is 2. The number of allylic oxidation sites excluding steroid dienone is 1. The van der Waals surface area contributed by atoms with Crippen molar-refractivity contribution in [1.29, 1.82) is 0 Å². The standard InChI is InChI=1S/C33H36BrN5O10/c1-5-46-26-15-22(30-29(32(41)45-4)19(3)36-33(42)37-30)9-12-25(26)48-18-28(40)38-35-16-21-13-24(34)31(27(14-21)47-6-2)49-17-20-7-10-23(11-8-20)39(43)44/h7-16,28,30,38,40H,5-6,17-18H2,1-4H3,(H2,36,37,42)/b35-16-/t28-,30-/m1/s1. The van der Waals surface area contributed by atoms with Crippen LogP contribution >= 0.6 is 15.9 Å². The summed E-state index contributed by atoms with van der Waals surface area (Å²) in [6, 6.07) is 13.2. The minimum Gasteiger partial charge on any atom is -0.490 e. The van der Waals surface area contributed by atoms with Gasteiger partial charge in [-0.15, -0.1) is 0 Å². The van der Waals surface area contributed by atoms with Crippen LogP contribution in [0.15, 0.2) is 75.4 Å². The van der Waals surface area contributed by atoms with E-state index in [9.17, 15) is 24.8 Å². The molecule has 0 radical (unpaired) electrons. The molecule has 2 atom stereocenters. The molecule has 1 aliphatic heterocycles. The lowest BCUT2D eigenvalue weighted by atomic mass is 9.95. The van der Waals surface area contributed by atoms with E-state index in [1.54, 1.807) is 56.3 Å². The number of hydrogen-bond donors (Lipinski definition) is 4. The number of nitrogens with one attached hydrogen (secondary N) is 3. The minimum atomic E-state index is -1.20. The van der Waals surface area contributed by atoms with Gasteiger partial charge in [-0.25, -0.2) is 9.59 Å². The highest BCUT2D eigenvalue weighted by molar-refractivity contribution is 9.10. The van der Waals surface area contributed by atoms with Crippen LogP contribution in [0.25, 0.3) is 0 Å². The highest BCUT2D eigenvalue weighted by Gasteiger charge is 2.32. The summed E-state index contributed by atoms with van der Waals surface area (Å²) in [7, 11) is 1.26. The van der Waals surface area contributed by atoms with Crippen molar-refractivity contribution in [1.82, 2.24) is 16.1 Å². The zero-order valence-corrected chi connectivity index (χ0v) is 28.7. The average Bonchev–Trinajstić information content (AvgIpc) is 3.07. The Morgan fingerprint density at radius 3 is 2.45 bits per heavy atom. The smallest absolute Gasteiger partial charge is 0.337 e. The Balaban J connectivity index is 1.39. The molecule has 0 saturated heterocycles. The van der Waals surface area contributed by atoms with Crippen LogP contribution in [0.3, 0.4) is 0 Å². The van der Waals surface area contributed by atoms with E-state index in [1.807, 2.05) is 6.92 Å². The number of benzene rings is 3. The molecule has 15 nitrogen and oxygen atoms in total. The van der Waals surface area contributed by atoms with Crippen molar-refractivity contribution < 1.29 is 43.3 Å². The molecule has 4 rings (SSSR count). The van der Waals surface area contributed by atoms with Crippen LogP contribution in [-0.2, 0) is 16.1 Å². The molecule has 0 fully saturated rings. The first kappa shape index (κ1) is 36.5. The van der Waals surface area contributed by atoms with Crippen molar-refractivity contribution in [3.05, 3.63) is 97.1 Å². The van der Waals surface area contributed by atoms with Gasteiger partial charge in [-0.2, -0.15) is 5.10 Å². The number of halogens is 1. The monoisotopic (exact) mass is 741 g/mol. The Morgan fingerprint density at radius 2 is 1.78 bits per heavy atom. The topological polar surface area (TPSA) is 192 Å². The van der Waals surface area contributed by atoms with E-state index in [0.29, 0.717) is 57.5 Å². The summed E-state index contributed by atoms with van der Waals surface area (Å²) in [6.07, 6.45) is 0.281. The second kappa shape index (κ2) is 17.2. The first-order chi connectivity index (χ1) is 23.5. The Bertz CT molecular complexity index is 1730. The molecular formula is C33H36BrN5O10. The molecule has 49 heavy (non-hydrogen) atoms. The second-order valence-corrected chi connectivity index (χ2v) is 11.2. The third kappa shape index (κ3) is 9.61. The highest BCUT2D eigenvalue weighted by atomic mass is 79.9. The zero-order chi connectivity index (χ0) is 35.5. The van der Waals surface area contributed by atoms with E-state index >= 15 is 0 Å². The van der Waals surface area contributed by atoms with Gasteiger partial charge in [-0.3, -0.25) is 15.5 Å². The quantitative estimate of drug-likeness (QED) is 0.0516. The van der Waals surface area contributed by atoms with Crippen LogP contribution in [0.1, 0.15) is 43.5 Å². The van der Waals surface area contributed by atoms with Gasteiger partial charge in [0, 0.05) is 17.8 Å². The Labute approximate surface area is 290 Å². The second-order valence-electron chi connectivity index (χ2n) is 10.4. The number of esters is 1. The highest BCUT2D eigenvalue weighted by Crippen LogP contribution is 2.38. The third-order valence-electron chi connectivity index (χ3n) is 6.97. The van der Waals surface area contributed by atoms with Crippen molar-refractivity contribution >= 4 is 39.8 Å². The Kier molecular flexibility index (Phi) is 12.8. The number of nitro groups is 1. The first-order valence-corrected chi connectivity index (χ1v) is 15.9. The van der Waals surface area contributed by atoms with Gasteiger partial charge in [-0.05, 0) is 89.8 Å². The SMILES string of the molecule is CCOc1cc([C@H]2NC(=O)NC(C)=C2C(=O)OC)ccc1OC[C@@H](O)N/N=C\c1cc(Br)c(OCc2ccc([N+](=O)[O-])cc2)c(OCC)c1. The number of nitrogens with zero attached hydrogens (tertiary/aromatic N) is 2. The Morgan fingerprint density at radius 1 is 1.06 bits per heavy atom. The van der Waals surface area contributed by atoms with E-state index in [4.69, 9.17) is 23.7 Å². The maximum atomic E-state index is 12.5. The molecule has 0 saturated carbocycles. The van der Waals surface area contributed by atoms with Crippen LogP contribution in [0.5, 0.6) is 23.0 Å². The lowest BCUT2D eigenvalue weighted by Gasteiger charge is -2.28. The van der Waals surface area contributed by atoms with Crippen LogP contribution in [0.2, 0.25) is 0 Å². The minimum absolute atomic E-state index is 0.00662. The predicted molar refractivity (Wildman–Crippen MR) is 182 cm³/mol. The lowest BCUT2D eigenvalue weighted by Crippen LogP contribution is -2.45. The number of hydrazone groups is 1. The number of carbonyl (C=O) groups is 2. The van der Waals surface area contributed by atoms with E-state index < -0.39 is 29.2 Å². The van der Waals surface area contributed by atoms with E-state index in [0.717, 1.165) is 5.56 Å². The fourth-order valence-corrected chi connectivity index (χ4v) is 5.33.